The normalized spacial score (nSPS) is 12.3. The Bertz CT molecular complexity index is 470. The number of aliphatic carboxylic acids is 1. The molecule has 0 radical (unpaired) electrons. The van der Waals surface area contributed by atoms with Gasteiger partial charge in [-0.25, -0.2) is 4.79 Å². The van der Waals surface area contributed by atoms with E-state index in [-0.39, 0.29) is 12.0 Å². The second-order valence-electron chi connectivity index (χ2n) is 5.46. The van der Waals surface area contributed by atoms with Crippen molar-refractivity contribution in [3.8, 4) is 5.75 Å². The van der Waals surface area contributed by atoms with Crippen molar-refractivity contribution in [2.24, 2.45) is 0 Å². The lowest BCUT2D eigenvalue weighted by Crippen LogP contribution is -2.15. The van der Waals surface area contributed by atoms with Gasteiger partial charge >= 0.3 is 5.97 Å². The summed E-state index contributed by atoms with van der Waals surface area (Å²) in [5, 5.41) is 8.90. The van der Waals surface area contributed by atoms with E-state index in [1.54, 1.807) is 6.08 Å². The quantitative estimate of drug-likeness (QED) is 0.760. The zero-order valence-corrected chi connectivity index (χ0v) is 12.8. The first kappa shape index (κ1) is 16.3. The Morgan fingerprint density at radius 3 is 2.30 bits per heavy atom. The van der Waals surface area contributed by atoms with Gasteiger partial charge in [0.15, 0.2) is 0 Å². The molecule has 0 aromatic heterocycles. The fourth-order valence-corrected chi connectivity index (χ4v) is 1.83. The van der Waals surface area contributed by atoms with Gasteiger partial charge in [0, 0.05) is 5.57 Å². The standard InChI is InChI=1S/C17H24O3/c1-5-13(16(18)19)11-12-20-15-9-7-14(8-10-15)17(3,4)6-2/h7-11H,5-6,12H2,1-4H3,(H,18,19). The number of ether oxygens (including phenoxy) is 1. The Morgan fingerprint density at radius 1 is 1.25 bits per heavy atom. The van der Waals surface area contributed by atoms with Crippen LogP contribution in [0.3, 0.4) is 0 Å². The summed E-state index contributed by atoms with van der Waals surface area (Å²) in [5.41, 5.74) is 1.83. The Labute approximate surface area is 121 Å². The van der Waals surface area contributed by atoms with Gasteiger partial charge in [-0.1, -0.05) is 39.8 Å². The van der Waals surface area contributed by atoms with E-state index in [0.717, 1.165) is 12.2 Å². The van der Waals surface area contributed by atoms with Crippen molar-refractivity contribution in [1.29, 1.82) is 0 Å². The summed E-state index contributed by atoms with van der Waals surface area (Å²) < 4.78 is 5.55. The number of carboxylic acids is 1. The van der Waals surface area contributed by atoms with Gasteiger partial charge in [0.05, 0.1) is 0 Å². The molecule has 3 nitrogen and oxygen atoms in total. The highest BCUT2D eigenvalue weighted by Crippen LogP contribution is 2.28. The molecule has 0 spiro atoms. The number of hydrogen-bond acceptors (Lipinski definition) is 2. The second-order valence-corrected chi connectivity index (χ2v) is 5.46. The molecule has 1 aromatic rings. The van der Waals surface area contributed by atoms with Crippen LogP contribution in [0.2, 0.25) is 0 Å². The maximum atomic E-state index is 10.8. The van der Waals surface area contributed by atoms with Crippen molar-refractivity contribution in [3.05, 3.63) is 41.5 Å². The minimum absolute atomic E-state index is 0.164. The summed E-state index contributed by atoms with van der Waals surface area (Å²) in [7, 11) is 0. The third-order valence-corrected chi connectivity index (χ3v) is 3.76. The molecule has 0 fully saturated rings. The molecule has 0 unspecified atom stereocenters. The lowest BCUT2D eigenvalue weighted by atomic mass is 9.82. The van der Waals surface area contributed by atoms with Crippen molar-refractivity contribution < 1.29 is 14.6 Å². The lowest BCUT2D eigenvalue weighted by Gasteiger charge is -2.23. The lowest BCUT2D eigenvalue weighted by molar-refractivity contribution is -0.132. The summed E-state index contributed by atoms with van der Waals surface area (Å²) in [5.74, 6) is -0.117. The Balaban J connectivity index is 2.65. The zero-order chi connectivity index (χ0) is 15.2. The average molecular weight is 276 g/mol. The predicted molar refractivity (Wildman–Crippen MR) is 81.3 cm³/mol. The van der Waals surface area contributed by atoms with Crippen molar-refractivity contribution in [1.82, 2.24) is 0 Å². The fourth-order valence-electron chi connectivity index (χ4n) is 1.83. The van der Waals surface area contributed by atoms with Crippen LogP contribution in [0.1, 0.15) is 46.1 Å². The molecule has 0 bridgehead atoms. The molecule has 0 amide bonds. The van der Waals surface area contributed by atoms with Gasteiger partial charge < -0.3 is 9.84 Å². The molecule has 1 N–H and O–H groups in total. The highest BCUT2D eigenvalue weighted by Gasteiger charge is 2.17. The fraction of sp³-hybridized carbons (Fsp3) is 0.471. The molecule has 3 heteroatoms. The highest BCUT2D eigenvalue weighted by molar-refractivity contribution is 5.86. The molecule has 1 rings (SSSR count). The van der Waals surface area contributed by atoms with E-state index in [1.807, 2.05) is 19.1 Å². The SMILES string of the molecule is CCC(=CCOc1ccc(C(C)(C)CC)cc1)C(=O)O. The summed E-state index contributed by atoms with van der Waals surface area (Å²) in [6.45, 7) is 8.71. The second kappa shape index (κ2) is 7.13. The monoisotopic (exact) mass is 276 g/mol. The van der Waals surface area contributed by atoms with Gasteiger partial charge in [0.25, 0.3) is 0 Å². The van der Waals surface area contributed by atoms with Gasteiger partial charge in [-0.05, 0) is 42.0 Å². The molecule has 1 aromatic carbocycles. The van der Waals surface area contributed by atoms with Crippen LogP contribution in [0.25, 0.3) is 0 Å². The van der Waals surface area contributed by atoms with E-state index in [1.165, 1.54) is 5.56 Å². The molecular formula is C17H24O3. The van der Waals surface area contributed by atoms with E-state index in [4.69, 9.17) is 9.84 Å². The molecule has 0 aliphatic rings. The van der Waals surface area contributed by atoms with E-state index in [9.17, 15) is 4.79 Å². The van der Waals surface area contributed by atoms with Gasteiger partial charge in [0.2, 0.25) is 0 Å². The number of carboxylic acid groups (broad SMARTS) is 1. The highest BCUT2D eigenvalue weighted by atomic mass is 16.5. The molecule has 0 aliphatic heterocycles. The van der Waals surface area contributed by atoms with Crippen molar-refractivity contribution in [2.75, 3.05) is 6.61 Å². The van der Waals surface area contributed by atoms with Crippen LogP contribution in [0, 0.1) is 0 Å². The smallest absolute Gasteiger partial charge is 0.331 e. The summed E-state index contributed by atoms with van der Waals surface area (Å²) in [6, 6.07) is 8.01. The van der Waals surface area contributed by atoms with Gasteiger partial charge in [0.1, 0.15) is 12.4 Å². The first-order valence-electron chi connectivity index (χ1n) is 7.06. The zero-order valence-electron chi connectivity index (χ0n) is 12.8. The molecule has 20 heavy (non-hydrogen) atoms. The van der Waals surface area contributed by atoms with Gasteiger partial charge in [-0.3, -0.25) is 0 Å². The van der Waals surface area contributed by atoms with Crippen LogP contribution in [-0.4, -0.2) is 17.7 Å². The molecule has 0 saturated carbocycles. The van der Waals surface area contributed by atoms with Crippen LogP contribution < -0.4 is 4.74 Å². The number of rotatable bonds is 7. The maximum Gasteiger partial charge on any atom is 0.331 e. The van der Waals surface area contributed by atoms with Gasteiger partial charge in [-0.2, -0.15) is 0 Å². The molecule has 0 saturated heterocycles. The summed E-state index contributed by atoms with van der Waals surface area (Å²) in [4.78, 5) is 10.8. The maximum absolute atomic E-state index is 10.8. The Kier molecular flexibility index (Phi) is 5.81. The molecular weight excluding hydrogens is 252 g/mol. The van der Waals surface area contributed by atoms with Crippen LogP contribution in [0.15, 0.2) is 35.9 Å². The minimum Gasteiger partial charge on any atom is -0.490 e. The Morgan fingerprint density at radius 2 is 1.85 bits per heavy atom. The third-order valence-electron chi connectivity index (χ3n) is 3.76. The van der Waals surface area contributed by atoms with E-state index in [2.05, 4.69) is 32.9 Å². The molecule has 0 atom stereocenters. The Hall–Kier alpha value is -1.77. The van der Waals surface area contributed by atoms with Crippen LogP contribution in [-0.2, 0) is 10.2 Å². The minimum atomic E-state index is -0.879. The third kappa shape index (κ3) is 4.41. The summed E-state index contributed by atoms with van der Waals surface area (Å²) in [6.07, 6.45) is 3.20. The number of hydrogen-bond donors (Lipinski definition) is 1. The molecule has 0 heterocycles. The van der Waals surface area contributed by atoms with Crippen LogP contribution in [0.4, 0.5) is 0 Å². The van der Waals surface area contributed by atoms with E-state index >= 15 is 0 Å². The van der Waals surface area contributed by atoms with Crippen LogP contribution in [0.5, 0.6) is 5.75 Å². The largest absolute Gasteiger partial charge is 0.490 e. The first-order valence-corrected chi connectivity index (χ1v) is 7.06. The van der Waals surface area contributed by atoms with E-state index < -0.39 is 5.97 Å². The average Bonchev–Trinajstić information content (AvgIpc) is 2.43. The van der Waals surface area contributed by atoms with Crippen LogP contribution >= 0.6 is 0 Å². The van der Waals surface area contributed by atoms with Crippen molar-refractivity contribution >= 4 is 5.97 Å². The van der Waals surface area contributed by atoms with Crippen molar-refractivity contribution in [2.45, 2.75) is 46.0 Å². The van der Waals surface area contributed by atoms with E-state index in [0.29, 0.717) is 12.0 Å². The molecule has 110 valence electrons. The van der Waals surface area contributed by atoms with Crippen molar-refractivity contribution in [3.63, 3.8) is 0 Å². The number of carbonyl (C=O) groups is 1. The van der Waals surface area contributed by atoms with Gasteiger partial charge in [-0.15, -0.1) is 0 Å². The topological polar surface area (TPSA) is 46.5 Å². The number of benzene rings is 1. The summed E-state index contributed by atoms with van der Waals surface area (Å²) >= 11 is 0. The molecule has 0 aliphatic carbocycles. The predicted octanol–water partition coefficient (Wildman–Crippen LogP) is 4.17. The first-order chi connectivity index (χ1) is 9.40.